The van der Waals surface area contributed by atoms with Crippen LogP contribution in [-0.4, -0.2) is 37.1 Å². The van der Waals surface area contributed by atoms with Gasteiger partial charge in [-0.3, -0.25) is 4.90 Å². The average molecular weight is 315 g/mol. The largest absolute Gasteiger partial charge is 0.369 e. The van der Waals surface area contributed by atoms with Crippen LogP contribution in [-0.2, 0) is 5.33 Å². The molecule has 0 bridgehead atoms. The van der Waals surface area contributed by atoms with Crippen LogP contribution in [0, 0.1) is 5.82 Å². The molecule has 1 aromatic rings. The first-order chi connectivity index (χ1) is 8.61. The van der Waals surface area contributed by atoms with Gasteiger partial charge in [0.25, 0.3) is 0 Å². The minimum atomic E-state index is -0.158. The molecule has 0 radical (unpaired) electrons. The Morgan fingerprint density at radius 3 is 2.44 bits per heavy atom. The van der Waals surface area contributed by atoms with Crippen LogP contribution >= 0.6 is 15.9 Å². The van der Waals surface area contributed by atoms with Crippen molar-refractivity contribution in [3.8, 4) is 0 Å². The molecule has 1 fully saturated rings. The zero-order valence-electron chi connectivity index (χ0n) is 11.0. The van der Waals surface area contributed by atoms with Crippen molar-refractivity contribution in [3.63, 3.8) is 0 Å². The molecule has 0 amide bonds. The van der Waals surface area contributed by atoms with Crippen LogP contribution in [0.25, 0.3) is 0 Å². The summed E-state index contributed by atoms with van der Waals surface area (Å²) in [5, 5.41) is 0.699. The summed E-state index contributed by atoms with van der Waals surface area (Å²) in [4.78, 5) is 4.84. The van der Waals surface area contributed by atoms with Crippen LogP contribution in [0.15, 0.2) is 18.2 Å². The van der Waals surface area contributed by atoms with Crippen molar-refractivity contribution in [2.75, 3.05) is 31.1 Å². The Bertz CT molecular complexity index is 401. The fourth-order valence-electron chi connectivity index (χ4n) is 2.45. The second kappa shape index (κ2) is 6.02. The molecule has 2 nitrogen and oxygen atoms in total. The van der Waals surface area contributed by atoms with Crippen LogP contribution in [0.3, 0.4) is 0 Å². The maximum absolute atomic E-state index is 13.2. The lowest BCUT2D eigenvalue weighted by Crippen LogP contribution is -2.49. The van der Waals surface area contributed by atoms with Gasteiger partial charge in [-0.1, -0.05) is 15.9 Å². The molecule has 1 aliphatic heterocycles. The third-order valence-electron chi connectivity index (χ3n) is 3.57. The predicted molar refractivity (Wildman–Crippen MR) is 78.0 cm³/mol. The van der Waals surface area contributed by atoms with Gasteiger partial charge in [-0.15, -0.1) is 0 Å². The highest BCUT2D eigenvalue weighted by atomic mass is 79.9. The molecule has 4 heteroatoms. The van der Waals surface area contributed by atoms with E-state index in [4.69, 9.17) is 0 Å². The molecule has 1 aromatic carbocycles. The summed E-state index contributed by atoms with van der Waals surface area (Å²) in [5.74, 6) is -0.158. The maximum Gasteiger partial charge on any atom is 0.123 e. The molecule has 100 valence electrons. The Morgan fingerprint density at radius 2 is 1.89 bits per heavy atom. The summed E-state index contributed by atoms with van der Waals surface area (Å²) < 4.78 is 13.2. The number of anilines is 1. The highest BCUT2D eigenvalue weighted by Gasteiger charge is 2.20. The summed E-state index contributed by atoms with van der Waals surface area (Å²) in [6.45, 7) is 8.66. The van der Waals surface area contributed by atoms with E-state index in [1.807, 2.05) is 6.07 Å². The fourth-order valence-corrected chi connectivity index (χ4v) is 2.90. The quantitative estimate of drug-likeness (QED) is 0.790. The molecule has 0 aliphatic carbocycles. The Hall–Kier alpha value is -0.610. The zero-order valence-corrected chi connectivity index (χ0v) is 12.6. The van der Waals surface area contributed by atoms with Gasteiger partial charge >= 0.3 is 0 Å². The van der Waals surface area contributed by atoms with Gasteiger partial charge in [-0.25, -0.2) is 4.39 Å². The smallest absolute Gasteiger partial charge is 0.123 e. The number of halogens is 2. The fraction of sp³-hybridized carbons (Fsp3) is 0.571. The first-order valence-corrected chi connectivity index (χ1v) is 7.57. The minimum Gasteiger partial charge on any atom is -0.369 e. The normalized spacial score (nSPS) is 17.5. The SMILES string of the molecule is CC(C)N1CCN(c2ccc(F)cc2CBr)CC1. The lowest BCUT2D eigenvalue weighted by molar-refractivity contribution is 0.209. The molecule has 0 saturated carbocycles. The van der Waals surface area contributed by atoms with Crippen LogP contribution in [0.4, 0.5) is 10.1 Å². The molecule has 0 aromatic heterocycles. The number of rotatable bonds is 3. The number of piperazine rings is 1. The Balaban J connectivity index is 2.09. The molecule has 18 heavy (non-hydrogen) atoms. The third-order valence-corrected chi connectivity index (χ3v) is 4.17. The van der Waals surface area contributed by atoms with Crippen molar-refractivity contribution >= 4 is 21.6 Å². The molecule has 0 spiro atoms. The predicted octanol–water partition coefficient (Wildman–Crippen LogP) is 3.25. The number of benzene rings is 1. The summed E-state index contributed by atoms with van der Waals surface area (Å²) in [5.41, 5.74) is 2.20. The topological polar surface area (TPSA) is 6.48 Å². The first kappa shape index (κ1) is 13.8. The second-order valence-corrected chi connectivity index (χ2v) is 5.58. The standard InChI is InChI=1S/C14H20BrFN2/c1-11(2)17-5-7-18(8-6-17)14-4-3-13(16)9-12(14)10-15/h3-4,9,11H,5-8,10H2,1-2H3. The van der Waals surface area contributed by atoms with Gasteiger partial charge in [0.2, 0.25) is 0 Å². The van der Waals surface area contributed by atoms with E-state index in [2.05, 4.69) is 39.6 Å². The molecule has 0 N–H and O–H groups in total. The monoisotopic (exact) mass is 314 g/mol. The van der Waals surface area contributed by atoms with E-state index in [-0.39, 0.29) is 5.82 Å². The second-order valence-electron chi connectivity index (χ2n) is 5.02. The van der Waals surface area contributed by atoms with Crippen molar-refractivity contribution in [2.24, 2.45) is 0 Å². The van der Waals surface area contributed by atoms with Gasteiger partial charge < -0.3 is 4.90 Å². The van der Waals surface area contributed by atoms with E-state index < -0.39 is 0 Å². The molecule has 1 aliphatic rings. The van der Waals surface area contributed by atoms with Gasteiger partial charge in [0.05, 0.1) is 0 Å². The number of alkyl halides is 1. The summed E-state index contributed by atoms with van der Waals surface area (Å²) in [6.07, 6.45) is 0. The van der Waals surface area contributed by atoms with Crippen LogP contribution in [0.5, 0.6) is 0 Å². The summed E-state index contributed by atoms with van der Waals surface area (Å²) >= 11 is 3.44. The molecular weight excluding hydrogens is 295 g/mol. The van der Waals surface area contributed by atoms with Gasteiger partial charge in [-0.2, -0.15) is 0 Å². The van der Waals surface area contributed by atoms with Crippen molar-refractivity contribution in [1.82, 2.24) is 4.90 Å². The summed E-state index contributed by atoms with van der Waals surface area (Å²) in [7, 11) is 0. The number of hydrogen-bond donors (Lipinski definition) is 0. The Morgan fingerprint density at radius 1 is 1.22 bits per heavy atom. The van der Waals surface area contributed by atoms with E-state index in [9.17, 15) is 4.39 Å². The number of nitrogens with zero attached hydrogens (tertiary/aromatic N) is 2. The molecular formula is C14H20BrFN2. The maximum atomic E-state index is 13.2. The Kier molecular flexibility index (Phi) is 4.62. The number of hydrogen-bond acceptors (Lipinski definition) is 2. The van der Waals surface area contributed by atoms with E-state index in [1.54, 1.807) is 12.1 Å². The van der Waals surface area contributed by atoms with Gasteiger partial charge in [0.1, 0.15) is 5.82 Å². The van der Waals surface area contributed by atoms with Gasteiger partial charge in [-0.05, 0) is 37.6 Å². The lowest BCUT2D eigenvalue weighted by Gasteiger charge is -2.38. The molecule has 1 saturated heterocycles. The van der Waals surface area contributed by atoms with Gasteiger partial charge in [0, 0.05) is 43.2 Å². The third kappa shape index (κ3) is 3.04. The van der Waals surface area contributed by atoms with E-state index in [0.717, 1.165) is 37.4 Å². The highest BCUT2D eigenvalue weighted by molar-refractivity contribution is 9.08. The van der Waals surface area contributed by atoms with Crippen molar-refractivity contribution in [3.05, 3.63) is 29.6 Å². The van der Waals surface area contributed by atoms with Crippen LogP contribution in [0.1, 0.15) is 19.4 Å². The van der Waals surface area contributed by atoms with Crippen LogP contribution < -0.4 is 4.90 Å². The molecule has 0 atom stereocenters. The Labute approximate surface area is 117 Å². The average Bonchev–Trinajstić information content (AvgIpc) is 2.38. The zero-order chi connectivity index (χ0) is 13.1. The van der Waals surface area contributed by atoms with E-state index in [0.29, 0.717) is 11.4 Å². The lowest BCUT2D eigenvalue weighted by atomic mass is 10.1. The molecule has 1 heterocycles. The highest BCUT2D eigenvalue weighted by Crippen LogP contribution is 2.25. The van der Waals surface area contributed by atoms with Gasteiger partial charge in [0.15, 0.2) is 0 Å². The molecule has 0 unspecified atom stereocenters. The van der Waals surface area contributed by atoms with Crippen molar-refractivity contribution < 1.29 is 4.39 Å². The van der Waals surface area contributed by atoms with E-state index >= 15 is 0 Å². The minimum absolute atomic E-state index is 0.158. The first-order valence-electron chi connectivity index (χ1n) is 6.45. The summed E-state index contributed by atoms with van der Waals surface area (Å²) in [6, 6.07) is 5.68. The van der Waals surface area contributed by atoms with E-state index in [1.165, 1.54) is 0 Å². The van der Waals surface area contributed by atoms with Crippen LogP contribution in [0.2, 0.25) is 0 Å². The molecule has 2 rings (SSSR count). The van der Waals surface area contributed by atoms with Crippen molar-refractivity contribution in [2.45, 2.75) is 25.2 Å². The van der Waals surface area contributed by atoms with Crippen molar-refractivity contribution in [1.29, 1.82) is 0 Å².